The van der Waals surface area contributed by atoms with Gasteiger partial charge in [0.05, 0.1) is 11.1 Å². The van der Waals surface area contributed by atoms with Crippen LogP contribution in [0.1, 0.15) is 54.3 Å². The highest BCUT2D eigenvalue weighted by molar-refractivity contribution is 6.22. The SMILES string of the molecule is CC(C)[C@H](C(=O)OCC(=O)N[C@@H](C)C1CC1)N1C(=O)c2ccccc2C1=O. The average Bonchev–Trinajstić information content (AvgIpc) is 3.44. The molecule has 0 radical (unpaired) electrons. The van der Waals surface area contributed by atoms with Crippen molar-refractivity contribution in [1.29, 1.82) is 0 Å². The summed E-state index contributed by atoms with van der Waals surface area (Å²) < 4.78 is 5.14. The van der Waals surface area contributed by atoms with Crippen LogP contribution in [0.5, 0.6) is 0 Å². The monoisotopic (exact) mass is 372 g/mol. The largest absolute Gasteiger partial charge is 0.454 e. The Hall–Kier alpha value is -2.70. The summed E-state index contributed by atoms with van der Waals surface area (Å²) in [6.45, 7) is 4.95. The van der Waals surface area contributed by atoms with Gasteiger partial charge < -0.3 is 10.1 Å². The van der Waals surface area contributed by atoms with Gasteiger partial charge >= 0.3 is 5.97 Å². The number of esters is 1. The molecule has 1 fully saturated rings. The zero-order valence-electron chi connectivity index (χ0n) is 15.7. The maximum absolute atomic E-state index is 12.6. The maximum atomic E-state index is 12.6. The van der Waals surface area contributed by atoms with Gasteiger partial charge in [-0.05, 0) is 43.7 Å². The molecule has 1 heterocycles. The van der Waals surface area contributed by atoms with Gasteiger partial charge in [-0.3, -0.25) is 19.3 Å². The summed E-state index contributed by atoms with van der Waals surface area (Å²) in [6, 6.07) is 5.43. The van der Waals surface area contributed by atoms with E-state index in [9.17, 15) is 19.2 Å². The third-order valence-electron chi connectivity index (χ3n) is 5.04. The lowest BCUT2D eigenvalue weighted by atomic mass is 10.0. The van der Waals surface area contributed by atoms with Crippen LogP contribution < -0.4 is 5.32 Å². The summed E-state index contributed by atoms with van der Waals surface area (Å²) in [6.07, 6.45) is 2.19. The van der Waals surface area contributed by atoms with Crippen molar-refractivity contribution >= 4 is 23.7 Å². The molecule has 1 aliphatic carbocycles. The number of benzene rings is 1. The van der Waals surface area contributed by atoms with Gasteiger partial charge in [0, 0.05) is 6.04 Å². The first-order chi connectivity index (χ1) is 12.8. The van der Waals surface area contributed by atoms with Crippen LogP contribution in [0.4, 0.5) is 0 Å². The van der Waals surface area contributed by atoms with E-state index in [1.165, 1.54) is 0 Å². The van der Waals surface area contributed by atoms with Crippen molar-refractivity contribution < 1.29 is 23.9 Å². The predicted molar refractivity (Wildman–Crippen MR) is 96.9 cm³/mol. The number of nitrogens with zero attached hydrogens (tertiary/aromatic N) is 1. The highest BCUT2D eigenvalue weighted by Crippen LogP contribution is 2.32. The summed E-state index contributed by atoms with van der Waals surface area (Å²) in [5, 5.41) is 2.80. The molecule has 1 aromatic carbocycles. The first-order valence-corrected chi connectivity index (χ1v) is 9.24. The van der Waals surface area contributed by atoms with Crippen LogP contribution in [0.2, 0.25) is 0 Å². The maximum Gasteiger partial charge on any atom is 0.330 e. The number of carbonyl (C=O) groups is 4. The minimum absolute atomic E-state index is 0.0494. The lowest BCUT2D eigenvalue weighted by molar-refractivity contribution is -0.153. The van der Waals surface area contributed by atoms with Crippen LogP contribution in [0, 0.1) is 11.8 Å². The standard InChI is InChI=1S/C20H24N2O5/c1-11(2)17(20(26)27-10-16(23)21-12(3)13-8-9-13)22-18(24)14-6-4-5-7-15(14)19(22)25/h4-7,11-13,17H,8-10H2,1-3H3,(H,21,23)/t12-,17+/m0/s1. The van der Waals surface area contributed by atoms with Gasteiger partial charge in [-0.1, -0.05) is 26.0 Å². The Balaban J connectivity index is 1.67. The molecule has 7 heteroatoms. The molecule has 0 unspecified atom stereocenters. The topological polar surface area (TPSA) is 92.8 Å². The third kappa shape index (κ3) is 3.86. The molecule has 144 valence electrons. The number of ether oxygens (including phenoxy) is 1. The van der Waals surface area contributed by atoms with Crippen LogP contribution in [-0.4, -0.2) is 47.3 Å². The van der Waals surface area contributed by atoms with Crippen molar-refractivity contribution in [3.05, 3.63) is 35.4 Å². The van der Waals surface area contributed by atoms with Gasteiger partial charge in [0.2, 0.25) is 0 Å². The highest BCUT2D eigenvalue weighted by Gasteiger charge is 2.44. The summed E-state index contributed by atoms with van der Waals surface area (Å²) in [5.41, 5.74) is 0.550. The number of carbonyl (C=O) groups excluding carboxylic acids is 4. The van der Waals surface area contributed by atoms with Gasteiger partial charge in [-0.25, -0.2) is 4.79 Å². The third-order valence-corrected chi connectivity index (χ3v) is 5.04. The molecule has 27 heavy (non-hydrogen) atoms. The average molecular weight is 372 g/mol. The smallest absolute Gasteiger partial charge is 0.330 e. The quantitative estimate of drug-likeness (QED) is 0.582. The first kappa shape index (κ1) is 19.1. The molecule has 0 bridgehead atoms. The number of nitrogens with one attached hydrogen (secondary N) is 1. The van der Waals surface area contributed by atoms with E-state index in [1.807, 2.05) is 6.92 Å². The lowest BCUT2D eigenvalue weighted by Crippen LogP contribution is -2.49. The molecule has 0 spiro atoms. The zero-order valence-corrected chi connectivity index (χ0v) is 15.7. The predicted octanol–water partition coefficient (Wildman–Crippen LogP) is 1.77. The number of imide groups is 1. The fourth-order valence-corrected chi connectivity index (χ4v) is 3.37. The van der Waals surface area contributed by atoms with Crippen LogP contribution >= 0.6 is 0 Å². The van der Waals surface area contributed by atoms with E-state index < -0.39 is 30.4 Å². The number of rotatable bonds is 7. The number of fused-ring (bicyclic) bond motifs is 1. The molecule has 1 aliphatic heterocycles. The second-order valence-electron chi connectivity index (χ2n) is 7.52. The second kappa shape index (κ2) is 7.50. The molecule has 1 saturated carbocycles. The Morgan fingerprint density at radius 2 is 1.67 bits per heavy atom. The molecule has 2 atom stereocenters. The molecule has 0 aromatic heterocycles. The minimum Gasteiger partial charge on any atom is -0.454 e. The van der Waals surface area contributed by atoms with Crippen LogP contribution in [0.15, 0.2) is 24.3 Å². The first-order valence-electron chi connectivity index (χ1n) is 9.24. The van der Waals surface area contributed by atoms with Gasteiger partial charge in [-0.2, -0.15) is 0 Å². The minimum atomic E-state index is -1.08. The molecule has 3 amide bonds. The van der Waals surface area contributed by atoms with Gasteiger partial charge in [0.1, 0.15) is 6.04 Å². The van der Waals surface area contributed by atoms with Crippen molar-refractivity contribution in [2.45, 2.75) is 45.7 Å². The lowest BCUT2D eigenvalue weighted by Gasteiger charge is -2.27. The fraction of sp³-hybridized carbons (Fsp3) is 0.500. The molecular weight excluding hydrogens is 348 g/mol. The van der Waals surface area contributed by atoms with Crippen molar-refractivity contribution in [2.75, 3.05) is 6.61 Å². The summed E-state index contributed by atoms with van der Waals surface area (Å²) >= 11 is 0. The Labute approximate surface area is 158 Å². The van der Waals surface area contributed by atoms with E-state index in [0.717, 1.165) is 17.7 Å². The van der Waals surface area contributed by atoms with Gasteiger partial charge in [-0.15, -0.1) is 0 Å². The van der Waals surface area contributed by atoms with E-state index in [2.05, 4.69) is 5.32 Å². The molecule has 1 N–H and O–H groups in total. The van der Waals surface area contributed by atoms with Crippen molar-refractivity contribution in [3.8, 4) is 0 Å². The van der Waals surface area contributed by atoms with Crippen molar-refractivity contribution in [3.63, 3.8) is 0 Å². The normalized spacial score (nSPS) is 18.3. The molecule has 1 aromatic rings. The number of hydrogen-bond donors (Lipinski definition) is 1. The summed E-state index contributed by atoms with van der Waals surface area (Å²) in [5.74, 6) is -2.03. The summed E-state index contributed by atoms with van der Waals surface area (Å²) in [4.78, 5) is 50.8. The van der Waals surface area contributed by atoms with E-state index in [1.54, 1.807) is 38.1 Å². The highest BCUT2D eigenvalue weighted by atomic mass is 16.5. The molecule has 0 saturated heterocycles. The fourth-order valence-electron chi connectivity index (χ4n) is 3.37. The van der Waals surface area contributed by atoms with Gasteiger partial charge in [0.25, 0.3) is 17.7 Å². The van der Waals surface area contributed by atoms with Crippen LogP contribution in [-0.2, 0) is 14.3 Å². The van der Waals surface area contributed by atoms with Crippen molar-refractivity contribution in [1.82, 2.24) is 10.2 Å². The molecule has 7 nitrogen and oxygen atoms in total. The Bertz CT molecular complexity index is 749. The number of hydrogen-bond acceptors (Lipinski definition) is 5. The van der Waals surface area contributed by atoms with E-state index in [-0.39, 0.29) is 29.0 Å². The second-order valence-corrected chi connectivity index (χ2v) is 7.52. The Kier molecular flexibility index (Phi) is 5.30. The molecule has 2 aliphatic rings. The Morgan fingerprint density at radius 3 is 2.15 bits per heavy atom. The zero-order chi connectivity index (χ0) is 19.7. The molecular formula is C20H24N2O5. The van der Waals surface area contributed by atoms with Crippen LogP contribution in [0.25, 0.3) is 0 Å². The number of amides is 3. The molecule has 3 rings (SSSR count). The van der Waals surface area contributed by atoms with E-state index in [0.29, 0.717) is 5.92 Å². The van der Waals surface area contributed by atoms with E-state index in [4.69, 9.17) is 4.74 Å². The Morgan fingerprint density at radius 1 is 1.11 bits per heavy atom. The van der Waals surface area contributed by atoms with Crippen LogP contribution in [0.3, 0.4) is 0 Å². The van der Waals surface area contributed by atoms with Gasteiger partial charge in [0.15, 0.2) is 6.61 Å². The van der Waals surface area contributed by atoms with Crippen molar-refractivity contribution in [2.24, 2.45) is 11.8 Å². The van der Waals surface area contributed by atoms with E-state index >= 15 is 0 Å². The summed E-state index contributed by atoms with van der Waals surface area (Å²) in [7, 11) is 0.